The lowest BCUT2D eigenvalue weighted by Crippen LogP contribution is -2.35. The fraction of sp³-hybridized carbons (Fsp3) is 0.412. The van der Waals surface area contributed by atoms with Crippen molar-refractivity contribution in [2.75, 3.05) is 18.0 Å². The number of piperidine rings is 1. The van der Waals surface area contributed by atoms with Gasteiger partial charge >= 0.3 is 0 Å². The highest BCUT2D eigenvalue weighted by Crippen LogP contribution is 2.31. The molecule has 106 valence electrons. The highest BCUT2D eigenvalue weighted by molar-refractivity contribution is 8.03. The number of hydrogen-bond donors (Lipinski definition) is 1. The van der Waals surface area contributed by atoms with Crippen molar-refractivity contribution in [3.63, 3.8) is 0 Å². The number of nitrogens with zero attached hydrogens (tertiary/aromatic N) is 1. The van der Waals surface area contributed by atoms with Gasteiger partial charge in [0.1, 0.15) is 0 Å². The van der Waals surface area contributed by atoms with Crippen molar-refractivity contribution in [3.05, 3.63) is 47.4 Å². The molecule has 3 rings (SSSR count). The second-order valence-electron chi connectivity index (χ2n) is 5.40. The van der Waals surface area contributed by atoms with Gasteiger partial charge in [0.05, 0.1) is 6.10 Å². The molecule has 3 heteroatoms. The number of thioether (sulfide) groups is 1. The van der Waals surface area contributed by atoms with E-state index in [2.05, 4.69) is 47.4 Å². The minimum atomic E-state index is -0.105. The number of anilines is 1. The Morgan fingerprint density at radius 3 is 2.45 bits per heavy atom. The molecular formula is C17H21NOS. The summed E-state index contributed by atoms with van der Waals surface area (Å²) in [6, 6.07) is 8.81. The number of aliphatic hydroxyl groups is 1. The van der Waals surface area contributed by atoms with Crippen LogP contribution in [0, 0.1) is 0 Å². The second kappa shape index (κ2) is 6.51. The van der Waals surface area contributed by atoms with Gasteiger partial charge in [-0.1, -0.05) is 30.0 Å². The van der Waals surface area contributed by atoms with E-state index in [1.807, 2.05) is 11.8 Å². The summed E-state index contributed by atoms with van der Waals surface area (Å²) < 4.78 is 0. The third-order valence-corrected chi connectivity index (χ3v) is 4.91. The van der Waals surface area contributed by atoms with Crippen LogP contribution < -0.4 is 4.90 Å². The Kier molecular flexibility index (Phi) is 4.48. The van der Waals surface area contributed by atoms with Gasteiger partial charge in [-0.15, -0.1) is 0 Å². The lowest BCUT2D eigenvalue weighted by molar-refractivity contribution is 0.145. The predicted octanol–water partition coefficient (Wildman–Crippen LogP) is 3.97. The van der Waals surface area contributed by atoms with Crippen LogP contribution in [0.25, 0.3) is 0 Å². The van der Waals surface area contributed by atoms with Crippen molar-refractivity contribution >= 4 is 17.4 Å². The van der Waals surface area contributed by atoms with Crippen LogP contribution >= 0.6 is 11.8 Å². The molecule has 1 saturated heterocycles. The molecule has 1 fully saturated rings. The van der Waals surface area contributed by atoms with E-state index in [1.165, 1.54) is 21.9 Å². The molecule has 0 unspecified atom stereocenters. The molecule has 0 radical (unpaired) electrons. The molecule has 2 aliphatic rings. The smallest absolute Gasteiger partial charge is 0.0574 e. The molecule has 0 spiro atoms. The molecule has 0 bridgehead atoms. The molecule has 0 atom stereocenters. The van der Waals surface area contributed by atoms with Crippen molar-refractivity contribution < 1.29 is 5.11 Å². The van der Waals surface area contributed by atoms with Gasteiger partial charge in [-0.3, -0.25) is 0 Å². The zero-order chi connectivity index (χ0) is 13.8. The Morgan fingerprint density at radius 1 is 1.05 bits per heavy atom. The Morgan fingerprint density at radius 2 is 1.80 bits per heavy atom. The number of allylic oxidation sites excluding steroid dienone is 3. The number of hydrogen-bond acceptors (Lipinski definition) is 3. The van der Waals surface area contributed by atoms with Crippen molar-refractivity contribution in [3.8, 4) is 0 Å². The first-order chi connectivity index (χ1) is 9.81. The van der Waals surface area contributed by atoms with E-state index < -0.39 is 0 Å². The largest absolute Gasteiger partial charge is 0.393 e. The summed E-state index contributed by atoms with van der Waals surface area (Å²) in [4.78, 5) is 5.01. The monoisotopic (exact) mass is 287 g/mol. The maximum absolute atomic E-state index is 9.56. The third kappa shape index (κ3) is 3.47. The average Bonchev–Trinajstić information content (AvgIpc) is 2.50. The van der Waals surface area contributed by atoms with Crippen LogP contribution in [0.5, 0.6) is 0 Å². The zero-order valence-electron chi connectivity index (χ0n) is 11.7. The molecule has 0 amide bonds. The molecule has 1 N–H and O–H groups in total. The van der Waals surface area contributed by atoms with Gasteiger partial charge < -0.3 is 10.0 Å². The number of rotatable bonds is 3. The number of benzene rings is 1. The van der Waals surface area contributed by atoms with Gasteiger partial charge in [0, 0.05) is 28.6 Å². The summed E-state index contributed by atoms with van der Waals surface area (Å²) in [7, 11) is 0. The minimum Gasteiger partial charge on any atom is -0.393 e. The molecular weight excluding hydrogens is 266 g/mol. The Labute approximate surface area is 125 Å². The standard InChI is InChI=1S/C17H21NOS/c19-15-10-12-18(13-11-15)14-6-8-17(9-7-14)20-16-4-2-1-3-5-16/h2,4-9,15,19H,1,3,10-13H2. The molecule has 0 aromatic heterocycles. The van der Waals surface area contributed by atoms with E-state index in [1.54, 1.807) is 0 Å². The third-order valence-electron chi connectivity index (χ3n) is 3.86. The van der Waals surface area contributed by atoms with E-state index in [4.69, 9.17) is 0 Å². The molecule has 1 aliphatic heterocycles. The van der Waals surface area contributed by atoms with E-state index >= 15 is 0 Å². The summed E-state index contributed by atoms with van der Waals surface area (Å²) in [6.45, 7) is 1.92. The highest BCUT2D eigenvalue weighted by atomic mass is 32.2. The van der Waals surface area contributed by atoms with E-state index in [0.29, 0.717) is 0 Å². The normalized spacial score (nSPS) is 20.1. The first-order valence-corrected chi connectivity index (χ1v) is 8.20. The molecule has 1 aromatic rings. The maximum Gasteiger partial charge on any atom is 0.0574 e. The van der Waals surface area contributed by atoms with Crippen molar-refractivity contribution in [1.29, 1.82) is 0 Å². The molecule has 1 aliphatic carbocycles. The van der Waals surface area contributed by atoms with Gasteiger partial charge in [0.15, 0.2) is 0 Å². The molecule has 1 heterocycles. The van der Waals surface area contributed by atoms with Crippen molar-refractivity contribution in [1.82, 2.24) is 0 Å². The topological polar surface area (TPSA) is 23.5 Å². The average molecular weight is 287 g/mol. The van der Waals surface area contributed by atoms with Gasteiger partial charge in [0.2, 0.25) is 0 Å². The Balaban J connectivity index is 1.62. The molecule has 1 aromatic carbocycles. The van der Waals surface area contributed by atoms with Gasteiger partial charge in [-0.05, 0) is 49.9 Å². The summed E-state index contributed by atoms with van der Waals surface area (Å²) in [5.74, 6) is 0. The van der Waals surface area contributed by atoms with E-state index in [0.717, 1.165) is 32.4 Å². The molecule has 0 saturated carbocycles. The minimum absolute atomic E-state index is 0.105. The quantitative estimate of drug-likeness (QED) is 0.910. The van der Waals surface area contributed by atoms with Crippen LogP contribution in [0.4, 0.5) is 5.69 Å². The van der Waals surface area contributed by atoms with Crippen LogP contribution in [0.2, 0.25) is 0 Å². The zero-order valence-corrected chi connectivity index (χ0v) is 12.5. The first-order valence-electron chi connectivity index (χ1n) is 7.39. The summed E-state index contributed by atoms with van der Waals surface area (Å²) >= 11 is 1.84. The van der Waals surface area contributed by atoms with Crippen LogP contribution in [-0.4, -0.2) is 24.3 Å². The lowest BCUT2D eigenvalue weighted by atomic mass is 10.1. The fourth-order valence-corrected chi connectivity index (χ4v) is 3.56. The van der Waals surface area contributed by atoms with Gasteiger partial charge in [0.25, 0.3) is 0 Å². The van der Waals surface area contributed by atoms with E-state index in [-0.39, 0.29) is 6.10 Å². The first kappa shape index (κ1) is 13.8. The molecule has 2 nitrogen and oxygen atoms in total. The van der Waals surface area contributed by atoms with Crippen LogP contribution in [0.15, 0.2) is 52.3 Å². The summed E-state index contributed by atoms with van der Waals surface area (Å²) in [6.07, 6.45) is 10.8. The predicted molar refractivity (Wildman–Crippen MR) is 86.2 cm³/mol. The van der Waals surface area contributed by atoms with Crippen LogP contribution in [0.1, 0.15) is 25.7 Å². The highest BCUT2D eigenvalue weighted by Gasteiger charge is 2.17. The fourth-order valence-electron chi connectivity index (χ4n) is 2.65. The SMILES string of the molecule is OC1CCN(c2ccc(SC3=CCCC=C3)cc2)CC1. The summed E-state index contributed by atoms with van der Waals surface area (Å²) in [5.41, 5.74) is 1.27. The molecule has 20 heavy (non-hydrogen) atoms. The van der Waals surface area contributed by atoms with E-state index in [9.17, 15) is 5.11 Å². The van der Waals surface area contributed by atoms with Gasteiger partial charge in [-0.25, -0.2) is 0 Å². The van der Waals surface area contributed by atoms with Gasteiger partial charge in [-0.2, -0.15) is 0 Å². The van der Waals surface area contributed by atoms with Crippen LogP contribution in [0.3, 0.4) is 0 Å². The van der Waals surface area contributed by atoms with Crippen molar-refractivity contribution in [2.45, 2.75) is 36.7 Å². The Hall–Kier alpha value is -1.19. The lowest BCUT2D eigenvalue weighted by Gasteiger charge is -2.31. The second-order valence-corrected chi connectivity index (χ2v) is 6.55. The maximum atomic E-state index is 9.56. The number of aliphatic hydroxyl groups excluding tert-OH is 1. The van der Waals surface area contributed by atoms with Crippen molar-refractivity contribution in [2.24, 2.45) is 0 Å². The van der Waals surface area contributed by atoms with Crippen LogP contribution in [-0.2, 0) is 0 Å². The Bertz CT molecular complexity index is 498. The summed E-state index contributed by atoms with van der Waals surface area (Å²) in [5, 5.41) is 9.56.